The van der Waals surface area contributed by atoms with Gasteiger partial charge in [-0.2, -0.15) is 0 Å². The Morgan fingerprint density at radius 2 is 1.80 bits per heavy atom. The SMILES string of the molecule is Cc1cn(CC(=O)c2ccccc2F)c2ccccc12. The molecule has 0 unspecified atom stereocenters. The van der Waals surface area contributed by atoms with Crippen LogP contribution in [0.2, 0.25) is 0 Å². The van der Waals surface area contributed by atoms with Crippen molar-refractivity contribution in [3.63, 3.8) is 0 Å². The van der Waals surface area contributed by atoms with E-state index in [4.69, 9.17) is 0 Å². The maximum Gasteiger partial charge on any atom is 0.185 e. The highest BCUT2D eigenvalue weighted by Gasteiger charge is 2.13. The first kappa shape index (κ1) is 12.6. The molecule has 1 heterocycles. The van der Waals surface area contributed by atoms with Gasteiger partial charge in [0, 0.05) is 17.1 Å². The number of halogens is 1. The van der Waals surface area contributed by atoms with Gasteiger partial charge in [-0.05, 0) is 30.7 Å². The average Bonchev–Trinajstić information content (AvgIpc) is 2.76. The largest absolute Gasteiger partial charge is 0.339 e. The zero-order valence-electron chi connectivity index (χ0n) is 11.1. The third-order valence-electron chi connectivity index (χ3n) is 3.48. The average molecular weight is 267 g/mol. The number of ketones is 1. The first-order valence-electron chi connectivity index (χ1n) is 6.49. The van der Waals surface area contributed by atoms with Crippen LogP contribution in [-0.2, 0) is 6.54 Å². The normalized spacial score (nSPS) is 10.9. The summed E-state index contributed by atoms with van der Waals surface area (Å²) in [5.41, 5.74) is 2.25. The molecule has 0 spiro atoms. The van der Waals surface area contributed by atoms with E-state index in [-0.39, 0.29) is 17.9 Å². The Morgan fingerprint density at radius 1 is 1.10 bits per heavy atom. The summed E-state index contributed by atoms with van der Waals surface area (Å²) >= 11 is 0. The second-order valence-electron chi connectivity index (χ2n) is 4.86. The zero-order valence-corrected chi connectivity index (χ0v) is 11.1. The fraction of sp³-hybridized carbons (Fsp3) is 0.118. The van der Waals surface area contributed by atoms with E-state index in [1.807, 2.05) is 42.0 Å². The number of para-hydroxylation sites is 1. The molecule has 0 aliphatic carbocycles. The molecule has 0 atom stereocenters. The summed E-state index contributed by atoms with van der Waals surface area (Å²) in [6.45, 7) is 2.15. The molecule has 20 heavy (non-hydrogen) atoms. The number of benzene rings is 2. The number of fused-ring (bicyclic) bond motifs is 1. The number of aromatic nitrogens is 1. The molecule has 100 valence electrons. The number of carbonyl (C=O) groups is 1. The van der Waals surface area contributed by atoms with Crippen molar-refractivity contribution in [2.75, 3.05) is 0 Å². The minimum atomic E-state index is -0.467. The van der Waals surface area contributed by atoms with Crippen LogP contribution in [0, 0.1) is 12.7 Å². The molecule has 0 amide bonds. The summed E-state index contributed by atoms with van der Waals surface area (Å²) in [7, 11) is 0. The van der Waals surface area contributed by atoms with Gasteiger partial charge < -0.3 is 4.57 Å². The molecule has 0 aliphatic rings. The van der Waals surface area contributed by atoms with Crippen LogP contribution >= 0.6 is 0 Å². The van der Waals surface area contributed by atoms with Crippen molar-refractivity contribution in [3.05, 3.63) is 71.7 Å². The molecule has 0 N–H and O–H groups in total. The lowest BCUT2D eigenvalue weighted by atomic mass is 10.1. The number of hydrogen-bond donors (Lipinski definition) is 0. The quantitative estimate of drug-likeness (QED) is 0.658. The van der Waals surface area contributed by atoms with E-state index in [2.05, 4.69) is 0 Å². The van der Waals surface area contributed by atoms with E-state index in [9.17, 15) is 9.18 Å². The fourth-order valence-corrected chi connectivity index (χ4v) is 2.49. The number of carbonyl (C=O) groups excluding carboxylic acids is 1. The van der Waals surface area contributed by atoms with E-state index < -0.39 is 5.82 Å². The molecule has 0 radical (unpaired) electrons. The minimum absolute atomic E-state index is 0.142. The molecule has 3 heteroatoms. The number of nitrogens with zero attached hydrogens (tertiary/aromatic N) is 1. The van der Waals surface area contributed by atoms with Crippen molar-refractivity contribution < 1.29 is 9.18 Å². The number of aryl methyl sites for hydroxylation is 1. The topological polar surface area (TPSA) is 22.0 Å². The van der Waals surface area contributed by atoms with Crippen LogP contribution in [-0.4, -0.2) is 10.4 Å². The number of Topliss-reactive ketones (excluding diaryl/α,β-unsaturated/α-hetero) is 1. The smallest absolute Gasteiger partial charge is 0.185 e. The molecule has 2 aromatic carbocycles. The van der Waals surface area contributed by atoms with Gasteiger partial charge in [0.15, 0.2) is 5.78 Å². The van der Waals surface area contributed by atoms with Crippen LogP contribution < -0.4 is 0 Å². The molecule has 0 aliphatic heterocycles. The van der Waals surface area contributed by atoms with E-state index in [1.54, 1.807) is 12.1 Å². The summed E-state index contributed by atoms with van der Waals surface area (Å²) < 4.78 is 15.5. The van der Waals surface area contributed by atoms with E-state index in [0.29, 0.717) is 0 Å². The molecule has 0 fully saturated rings. The highest BCUT2D eigenvalue weighted by Crippen LogP contribution is 2.21. The maximum absolute atomic E-state index is 13.6. The Kier molecular flexibility index (Phi) is 3.11. The van der Waals surface area contributed by atoms with E-state index in [0.717, 1.165) is 16.5 Å². The fourth-order valence-electron chi connectivity index (χ4n) is 2.49. The van der Waals surface area contributed by atoms with Gasteiger partial charge in [0.1, 0.15) is 5.82 Å². The lowest BCUT2D eigenvalue weighted by Gasteiger charge is -2.05. The van der Waals surface area contributed by atoms with Crippen molar-refractivity contribution in [1.29, 1.82) is 0 Å². The predicted molar refractivity (Wildman–Crippen MR) is 77.4 cm³/mol. The summed E-state index contributed by atoms with van der Waals surface area (Å²) in [5.74, 6) is -0.686. The number of hydrogen-bond acceptors (Lipinski definition) is 1. The van der Waals surface area contributed by atoms with Gasteiger partial charge in [-0.15, -0.1) is 0 Å². The Hall–Kier alpha value is -2.42. The highest BCUT2D eigenvalue weighted by atomic mass is 19.1. The zero-order chi connectivity index (χ0) is 14.1. The standard InChI is InChI=1S/C17H14FNO/c1-12-10-19(16-9-5-3-6-13(12)16)11-17(20)14-7-2-4-8-15(14)18/h2-10H,11H2,1H3. The summed E-state index contributed by atoms with van der Waals surface area (Å²) in [6.07, 6.45) is 1.93. The van der Waals surface area contributed by atoms with Crippen molar-refractivity contribution in [1.82, 2.24) is 4.57 Å². The Balaban J connectivity index is 1.98. The molecule has 1 aromatic heterocycles. The lowest BCUT2D eigenvalue weighted by molar-refractivity contribution is 0.0969. The van der Waals surface area contributed by atoms with Crippen LogP contribution in [0.25, 0.3) is 10.9 Å². The first-order valence-corrected chi connectivity index (χ1v) is 6.49. The van der Waals surface area contributed by atoms with Crippen molar-refractivity contribution >= 4 is 16.7 Å². The molecule has 0 saturated heterocycles. The third-order valence-corrected chi connectivity index (χ3v) is 3.48. The van der Waals surface area contributed by atoms with Gasteiger partial charge >= 0.3 is 0 Å². The molecule has 0 saturated carbocycles. The van der Waals surface area contributed by atoms with Gasteiger partial charge in [0.05, 0.1) is 12.1 Å². The molecule has 2 nitrogen and oxygen atoms in total. The van der Waals surface area contributed by atoms with Crippen LogP contribution in [0.15, 0.2) is 54.7 Å². The Bertz CT molecular complexity index is 789. The molecule has 3 aromatic rings. The predicted octanol–water partition coefficient (Wildman–Crippen LogP) is 3.97. The Morgan fingerprint density at radius 3 is 2.60 bits per heavy atom. The van der Waals surface area contributed by atoms with Gasteiger partial charge in [0.25, 0.3) is 0 Å². The first-order chi connectivity index (χ1) is 9.66. The highest BCUT2D eigenvalue weighted by molar-refractivity contribution is 5.97. The van der Waals surface area contributed by atoms with Crippen molar-refractivity contribution in [3.8, 4) is 0 Å². The molecular weight excluding hydrogens is 253 g/mol. The van der Waals surface area contributed by atoms with Gasteiger partial charge in [0.2, 0.25) is 0 Å². The minimum Gasteiger partial charge on any atom is -0.339 e. The second kappa shape index (κ2) is 4.93. The van der Waals surface area contributed by atoms with E-state index >= 15 is 0 Å². The van der Waals surface area contributed by atoms with Crippen LogP contribution in [0.3, 0.4) is 0 Å². The van der Waals surface area contributed by atoms with Crippen LogP contribution in [0.5, 0.6) is 0 Å². The van der Waals surface area contributed by atoms with Crippen molar-refractivity contribution in [2.45, 2.75) is 13.5 Å². The number of rotatable bonds is 3. The lowest BCUT2D eigenvalue weighted by Crippen LogP contribution is -2.11. The molecular formula is C17H14FNO. The maximum atomic E-state index is 13.6. The summed E-state index contributed by atoms with van der Waals surface area (Å²) in [4.78, 5) is 12.2. The van der Waals surface area contributed by atoms with Crippen molar-refractivity contribution in [2.24, 2.45) is 0 Å². The monoisotopic (exact) mass is 267 g/mol. The molecule has 0 bridgehead atoms. The summed E-state index contributed by atoms with van der Waals surface area (Å²) in [6, 6.07) is 14.0. The van der Waals surface area contributed by atoms with Gasteiger partial charge in [-0.3, -0.25) is 4.79 Å². The van der Waals surface area contributed by atoms with Crippen LogP contribution in [0.1, 0.15) is 15.9 Å². The molecule has 3 rings (SSSR count). The second-order valence-corrected chi connectivity index (χ2v) is 4.86. The third kappa shape index (κ3) is 2.11. The van der Waals surface area contributed by atoms with Gasteiger partial charge in [-0.25, -0.2) is 4.39 Å². The van der Waals surface area contributed by atoms with Crippen LogP contribution in [0.4, 0.5) is 4.39 Å². The van der Waals surface area contributed by atoms with E-state index in [1.165, 1.54) is 12.1 Å². The van der Waals surface area contributed by atoms with Gasteiger partial charge in [-0.1, -0.05) is 30.3 Å². The Labute approximate surface area is 116 Å². The summed E-state index contributed by atoms with van der Waals surface area (Å²) in [5, 5.41) is 1.12.